The van der Waals surface area contributed by atoms with Gasteiger partial charge in [-0.2, -0.15) is 11.8 Å². The highest BCUT2D eigenvalue weighted by atomic mass is 32.2. The molecule has 3 amide bonds. The molecule has 0 unspecified atom stereocenters. The number of thioether (sulfide) groups is 1. The molecule has 2 fully saturated rings. The number of nitrogens with one attached hydrogen (secondary N) is 3. The van der Waals surface area contributed by atoms with Crippen LogP contribution in [0.4, 0.5) is 4.79 Å². The van der Waals surface area contributed by atoms with Crippen LogP contribution in [-0.4, -0.2) is 56.6 Å². The maximum atomic E-state index is 12.3. The summed E-state index contributed by atoms with van der Waals surface area (Å²) in [4.78, 5) is 35.4. The molecule has 3 atom stereocenters. The third kappa shape index (κ3) is 9.10. The Hall–Kier alpha value is -3.32. The average molecular weight is 629 g/mol. The Morgan fingerprint density at radius 1 is 1.11 bits per heavy atom. The van der Waals surface area contributed by atoms with Crippen molar-refractivity contribution in [2.45, 2.75) is 115 Å². The van der Waals surface area contributed by atoms with Gasteiger partial charge in [-0.15, -0.1) is 5.10 Å². The minimum absolute atomic E-state index is 0.0385. The molecule has 0 saturated carbocycles. The molecule has 5 rings (SSSR count). The lowest BCUT2D eigenvalue weighted by Crippen LogP contribution is -2.36. The van der Waals surface area contributed by atoms with Crippen LogP contribution in [-0.2, 0) is 29.2 Å². The first-order chi connectivity index (χ1) is 21.5. The number of hydrogen-bond donors (Lipinski definition) is 3. The van der Waals surface area contributed by atoms with Crippen LogP contribution in [0.15, 0.2) is 32.2 Å². The molecule has 44 heavy (non-hydrogen) atoms. The van der Waals surface area contributed by atoms with Gasteiger partial charge in [0.2, 0.25) is 5.91 Å². The van der Waals surface area contributed by atoms with Crippen molar-refractivity contribution < 1.29 is 23.2 Å². The zero-order valence-electron chi connectivity index (χ0n) is 25.5. The van der Waals surface area contributed by atoms with E-state index in [0.717, 1.165) is 68.5 Å². The van der Waals surface area contributed by atoms with Gasteiger partial charge in [0.15, 0.2) is 5.76 Å². The highest BCUT2D eigenvalue weighted by Gasteiger charge is 2.42. The van der Waals surface area contributed by atoms with Crippen LogP contribution in [0.3, 0.4) is 0 Å². The molecule has 3 N–H and O–H groups in total. The first-order valence-electron chi connectivity index (χ1n) is 15.9. The number of ether oxygens (including phenoxy) is 1. The number of hydrogen-bond acceptors (Lipinski definition) is 9. The maximum absolute atomic E-state index is 12.3. The van der Waals surface area contributed by atoms with Crippen LogP contribution in [0, 0.1) is 6.92 Å². The third-order valence-electron chi connectivity index (χ3n) is 8.35. The first-order valence-corrected chi connectivity index (χ1v) is 16.9. The molecular weight excluding hydrogens is 584 g/mol. The number of aryl methyl sites for hydroxylation is 1. The van der Waals surface area contributed by atoms with Gasteiger partial charge < -0.3 is 29.5 Å². The largest absolute Gasteiger partial charge is 0.463 e. The Morgan fingerprint density at radius 3 is 2.80 bits per heavy atom. The molecule has 0 aliphatic carbocycles. The van der Waals surface area contributed by atoms with Gasteiger partial charge in [0, 0.05) is 41.7 Å². The smallest absolute Gasteiger partial charge is 0.339 e. The van der Waals surface area contributed by atoms with Crippen molar-refractivity contribution in [3.63, 3.8) is 0 Å². The predicted molar refractivity (Wildman–Crippen MR) is 166 cm³/mol. The van der Waals surface area contributed by atoms with E-state index < -0.39 is 0 Å². The van der Waals surface area contributed by atoms with E-state index >= 15 is 0 Å². The topological polar surface area (TPSA) is 154 Å². The zero-order chi connectivity index (χ0) is 30.7. The quantitative estimate of drug-likeness (QED) is 0.128. The standard InChI is InChI=1S/C31H44N6O6S/c1-21-24-15-23(42-19-26(24)43-30(21)39)18-41-14-10-6-4-2-3-5-9-13-37-17-22(35-36-37)16-32-28(38)12-8-7-11-27-29-25(20-44-27)33-31(40)34-29/h15,17,19,25,27,29H,2-14,16,18,20H2,1H3,(H,32,38)(H2,33,34,40)/t25-,27-,29-/m1/s1. The molecule has 0 radical (unpaired) electrons. The van der Waals surface area contributed by atoms with Gasteiger partial charge in [-0.05, 0) is 38.7 Å². The van der Waals surface area contributed by atoms with E-state index in [1.54, 1.807) is 6.92 Å². The molecule has 13 heteroatoms. The number of carbonyl (C=O) groups excluding carboxylic acids is 2. The molecule has 0 aromatic carbocycles. The molecule has 1 aromatic heterocycles. The van der Waals surface area contributed by atoms with Gasteiger partial charge in [0.25, 0.3) is 0 Å². The van der Waals surface area contributed by atoms with Crippen LogP contribution >= 0.6 is 11.8 Å². The second-order valence-corrected chi connectivity index (χ2v) is 13.1. The summed E-state index contributed by atoms with van der Waals surface area (Å²) in [6.45, 7) is 4.05. The van der Waals surface area contributed by atoms with E-state index in [9.17, 15) is 14.4 Å². The fraction of sp³-hybridized carbons (Fsp3) is 0.645. The third-order valence-corrected chi connectivity index (χ3v) is 9.86. The molecule has 0 spiro atoms. The SMILES string of the molecule is Cc1c2cc(COCCCCCCCCCn3cc(CNC(=O)CCCC[C@H]4SC[C@H]5NC(=O)N[C@H]54)nn3)occ-2oc1=O. The Kier molecular flexibility index (Phi) is 11.8. The molecule has 240 valence electrons. The lowest BCUT2D eigenvalue weighted by Gasteiger charge is -2.16. The van der Waals surface area contributed by atoms with Gasteiger partial charge in [0.05, 0.1) is 24.8 Å². The summed E-state index contributed by atoms with van der Waals surface area (Å²) in [6, 6.07) is 2.24. The molecule has 1 aromatic rings. The van der Waals surface area contributed by atoms with Gasteiger partial charge in [-0.1, -0.05) is 43.7 Å². The zero-order valence-corrected chi connectivity index (χ0v) is 26.3. The molecule has 4 aliphatic rings. The Morgan fingerprint density at radius 2 is 1.93 bits per heavy atom. The van der Waals surface area contributed by atoms with Crippen molar-refractivity contribution in [3.8, 4) is 11.3 Å². The fourth-order valence-electron chi connectivity index (χ4n) is 5.81. The number of aromatic nitrogens is 3. The van der Waals surface area contributed by atoms with Gasteiger partial charge in [-0.3, -0.25) is 9.48 Å². The van der Waals surface area contributed by atoms with Crippen molar-refractivity contribution in [2.75, 3.05) is 12.4 Å². The number of carbonyl (C=O) groups is 2. The number of urea groups is 1. The summed E-state index contributed by atoms with van der Waals surface area (Å²) in [6.07, 6.45) is 14.6. The van der Waals surface area contributed by atoms with Crippen LogP contribution in [0.1, 0.15) is 87.6 Å². The minimum Gasteiger partial charge on any atom is -0.463 e. The van der Waals surface area contributed by atoms with E-state index in [2.05, 4.69) is 26.3 Å². The number of nitrogens with zero attached hydrogens (tertiary/aromatic N) is 3. The summed E-state index contributed by atoms with van der Waals surface area (Å²) in [5.74, 6) is 2.16. The van der Waals surface area contributed by atoms with E-state index in [0.29, 0.717) is 48.5 Å². The molecule has 2 saturated heterocycles. The lowest BCUT2D eigenvalue weighted by atomic mass is 10.0. The molecular formula is C31H44N6O6S. The minimum atomic E-state index is -0.324. The van der Waals surface area contributed by atoms with Crippen molar-refractivity contribution in [1.82, 2.24) is 30.9 Å². The maximum Gasteiger partial charge on any atom is 0.339 e. The van der Waals surface area contributed by atoms with Crippen LogP contribution < -0.4 is 21.6 Å². The van der Waals surface area contributed by atoms with Crippen molar-refractivity contribution in [1.29, 1.82) is 0 Å². The predicted octanol–water partition coefficient (Wildman–Crippen LogP) is 4.53. The molecule has 5 heterocycles. The van der Waals surface area contributed by atoms with Crippen molar-refractivity contribution in [3.05, 3.63) is 46.0 Å². The average Bonchev–Trinajstić information content (AvgIpc) is 3.78. The number of amides is 3. The van der Waals surface area contributed by atoms with E-state index in [1.807, 2.05) is 28.7 Å². The first kappa shape index (κ1) is 32.1. The second kappa shape index (κ2) is 16.1. The lowest BCUT2D eigenvalue weighted by molar-refractivity contribution is -0.121. The van der Waals surface area contributed by atoms with Gasteiger partial charge in [-0.25, -0.2) is 9.59 Å². The fourth-order valence-corrected chi connectivity index (χ4v) is 7.35. The molecule has 12 nitrogen and oxygen atoms in total. The number of furan rings is 1. The molecule has 4 aliphatic heterocycles. The highest BCUT2D eigenvalue weighted by Crippen LogP contribution is 2.33. The summed E-state index contributed by atoms with van der Waals surface area (Å²) < 4.78 is 18.2. The number of rotatable bonds is 19. The van der Waals surface area contributed by atoms with Crippen LogP contribution in [0.5, 0.6) is 0 Å². The Balaban J connectivity index is 0.826. The van der Waals surface area contributed by atoms with E-state index in [4.69, 9.17) is 13.6 Å². The van der Waals surface area contributed by atoms with Crippen LogP contribution in [0.2, 0.25) is 0 Å². The number of unbranched alkanes of at least 4 members (excludes halogenated alkanes) is 7. The summed E-state index contributed by atoms with van der Waals surface area (Å²) in [7, 11) is 0. The molecule has 0 bridgehead atoms. The highest BCUT2D eigenvalue weighted by molar-refractivity contribution is 8.00. The van der Waals surface area contributed by atoms with Crippen LogP contribution in [0.25, 0.3) is 11.3 Å². The van der Waals surface area contributed by atoms with E-state index in [-0.39, 0.29) is 29.6 Å². The van der Waals surface area contributed by atoms with E-state index in [1.165, 1.54) is 25.5 Å². The summed E-state index contributed by atoms with van der Waals surface area (Å²) >= 11 is 1.91. The van der Waals surface area contributed by atoms with Crippen molar-refractivity contribution >= 4 is 23.7 Å². The monoisotopic (exact) mass is 628 g/mol. The summed E-state index contributed by atoms with van der Waals surface area (Å²) in [5.41, 5.74) is 1.83. The second-order valence-electron chi connectivity index (χ2n) is 11.8. The van der Waals surface area contributed by atoms with Crippen molar-refractivity contribution in [2.24, 2.45) is 0 Å². The normalized spacial score (nSPS) is 19.3. The summed E-state index contributed by atoms with van der Waals surface area (Å²) in [5, 5.41) is 17.8. The van der Waals surface area contributed by atoms with Gasteiger partial charge in [0.1, 0.15) is 24.3 Å². The Labute approximate surface area is 261 Å². The Bertz CT molecular complexity index is 1390. The number of fused-ring (bicyclic) bond motifs is 2. The van der Waals surface area contributed by atoms with Gasteiger partial charge >= 0.3 is 11.7 Å².